The van der Waals surface area contributed by atoms with Crippen LogP contribution in [0.2, 0.25) is 0 Å². The number of nitrogens with one attached hydrogen (secondary N) is 1. The number of esters is 1. The molecule has 1 heterocycles. The third-order valence-electron chi connectivity index (χ3n) is 5.15. The number of anilines is 1. The number of aryl methyl sites for hydroxylation is 1. The third-order valence-corrected chi connectivity index (χ3v) is 6.08. The minimum Gasteiger partial charge on any atom is -0.452 e. The number of rotatable bonds is 7. The lowest BCUT2D eigenvalue weighted by molar-refractivity contribution is -0.157. The molecule has 2 amide bonds. The van der Waals surface area contributed by atoms with Crippen LogP contribution in [0, 0.1) is 12.8 Å². The highest BCUT2D eigenvalue weighted by Crippen LogP contribution is 2.22. The van der Waals surface area contributed by atoms with E-state index < -0.39 is 33.9 Å². The quantitative estimate of drug-likeness (QED) is 0.603. The van der Waals surface area contributed by atoms with E-state index in [1.165, 1.54) is 31.2 Å². The molecule has 32 heavy (non-hydrogen) atoms. The molecule has 0 spiro atoms. The fourth-order valence-corrected chi connectivity index (χ4v) is 3.81. The number of hydrogen-bond acceptors (Lipinski definition) is 6. The summed E-state index contributed by atoms with van der Waals surface area (Å²) in [5, 5.41) is 7.58. The number of carbonyl (C=O) groups is 3. The lowest BCUT2D eigenvalue weighted by Gasteiger charge is -2.18. The topological polar surface area (TPSA) is 136 Å². The Kier molecular flexibility index (Phi) is 6.95. The number of amides is 2. The van der Waals surface area contributed by atoms with Crippen LogP contribution in [0.1, 0.15) is 24.5 Å². The van der Waals surface area contributed by atoms with Gasteiger partial charge in [0.15, 0.2) is 6.10 Å². The van der Waals surface area contributed by atoms with Crippen LogP contribution >= 0.6 is 0 Å². The number of hydrogen-bond donors (Lipinski definition) is 2. The van der Waals surface area contributed by atoms with Gasteiger partial charge in [-0.15, -0.1) is 0 Å². The fraction of sp³-hybridized carbons (Fsp3) is 0.318. The second kappa shape index (κ2) is 9.49. The number of nitrogens with two attached hydrogens (primary N) is 1. The van der Waals surface area contributed by atoms with Gasteiger partial charge in [0, 0.05) is 25.2 Å². The summed E-state index contributed by atoms with van der Waals surface area (Å²) in [6.07, 6.45) is -1.06. The number of benzene rings is 2. The second-order valence-corrected chi connectivity index (χ2v) is 9.36. The van der Waals surface area contributed by atoms with E-state index in [-0.39, 0.29) is 23.8 Å². The molecule has 1 saturated heterocycles. The molecule has 0 aliphatic carbocycles. The number of likely N-dealkylation sites (tertiary alicyclic amines) is 1. The van der Waals surface area contributed by atoms with Crippen LogP contribution in [0.25, 0.3) is 0 Å². The largest absolute Gasteiger partial charge is 0.452 e. The average molecular weight is 460 g/mol. The number of carbonyl (C=O) groups excluding carboxylic acids is 3. The molecule has 1 fully saturated rings. The van der Waals surface area contributed by atoms with Gasteiger partial charge in [0.1, 0.15) is 0 Å². The molecule has 0 bridgehead atoms. The van der Waals surface area contributed by atoms with Crippen molar-refractivity contribution in [1.29, 1.82) is 0 Å². The monoisotopic (exact) mass is 459 g/mol. The Balaban J connectivity index is 1.52. The second-order valence-electron chi connectivity index (χ2n) is 7.80. The summed E-state index contributed by atoms with van der Waals surface area (Å²) >= 11 is 0. The Morgan fingerprint density at radius 1 is 1.16 bits per heavy atom. The van der Waals surface area contributed by atoms with Gasteiger partial charge >= 0.3 is 5.97 Å². The number of primary sulfonamides is 1. The van der Waals surface area contributed by atoms with Gasteiger partial charge in [-0.2, -0.15) is 0 Å². The van der Waals surface area contributed by atoms with Gasteiger partial charge in [0.05, 0.1) is 10.8 Å². The summed E-state index contributed by atoms with van der Waals surface area (Å²) in [4.78, 5) is 38.7. The van der Waals surface area contributed by atoms with Crippen LogP contribution in [0.15, 0.2) is 53.4 Å². The van der Waals surface area contributed by atoms with E-state index in [1.807, 2.05) is 31.2 Å². The molecule has 1 aliphatic heterocycles. The average Bonchev–Trinajstić information content (AvgIpc) is 3.10. The van der Waals surface area contributed by atoms with Gasteiger partial charge in [-0.3, -0.25) is 14.4 Å². The van der Waals surface area contributed by atoms with Crippen molar-refractivity contribution in [2.45, 2.75) is 37.8 Å². The van der Waals surface area contributed by atoms with Crippen LogP contribution in [-0.2, 0) is 35.7 Å². The number of nitrogens with zero attached hydrogens (tertiary/aromatic N) is 1. The SMILES string of the molecule is Cc1ccc(CN2CC(C(=O)OC(C)C(=O)Nc3ccc(S(N)(=O)=O)cc3)CC2=O)cc1. The van der Waals surface area contributed by atoms with E-state index in [2.05, 4.69) is 5.32 Å². The zero-order valence-corrected chi connectivity index (χ0v) is 18.6. The van der Waals surface area contributed by atoms with E-state index >= 15 is 0 Å². The van der Waals surface area contributed by atoms with Gasteiger partial charge in [-0.25, -0.2) is 13.6 Å². The molecule has 10 heteroatoms. The maximum atomic E-state index is 12.5. The first kappa shape index (κ1) is 23.4. The Hall–Kier alpha value is -3.24. The Bertz CT molecular complexity index is 1110. The molecule has 2 atom stereocenters. The highest BCUT2D eigenvalue weighted by molar-refractivity contribution is 7.89. The van der Waals surface area contributed by atoms with E-state index in [0.29, 0.717) is 12.2 Å². The summed E-state index contributed by atoms with van der Waals surface area (Å²) in [5.41, 5.74) is 2.42. The van der Waals surface area contributed by atoms with Crippen LogP contribution in [0.5, 0.6) is 0 Å². The molecule has 2 aromatic rings. The van der Waals surface area contributed by atoms with Crippen LogP contribution in [0.4, 0.5) is 5.69 Å². The molecule has 0 aromatic heterocycles. The van der Waals surface area contributed by atoms with E-state index in [9.17, 15) is 22.8 Å². The predicted octanol–water partition coefficient (Wildman–Crippen LogP) is 1.56. The van der Waals surface area contributed by atoms with Crippen molar-refractivity contribution < 1.29 is 27.5 Å². The first-order valence-electron chi connectivity index (χ1n) is 10.0. The summed E-state index contributed by atoms with van der Waals surface area (Å²) in [6.45, 7) is 4.04. The smallest absolute Gasteiger partial charge is 0.312 e. The Morgan fingerprint density at radius 2 is 1.78 bits per heavy atom. The van der Waals surface area contributed by atoms with Crippen molar-refractivity contribution in [3.63, 3.8) is 0 Å². The van der Waals surface area contributed by atoms with Crippen LogP contribution < -0.4 is 10.5 Å². The summed E-state index contributed by atoms with van der Waals surface area (Å²) in [6, 6.07) is 13.1. The van der Waals surface area contributed by atoms with Crippen molar-refractivity contribution in [2.24, 2.45) is 11.1 Å². The standard InChI is InChI=1S/C22H25N3O6S/c1-14-3-5-16(6-4-14)12-25-13-17(11-20(25)26)22(28)31-15(2)21(27)24-18-7-9-19(10-8-18)32(23,29)30/h3-10,15,17H,11-13H2,1-2H3,(H,24,27)(H2,23,29,30). The van der Waals surface area contributed by atoms with Crippen LogP contribution in [-0.4, -0.2) is 43.8 Å². The molecule has 0 saturated carbocycles. The zero-order chi connectivity index (χ0) is 23.5. The van der Waals surface area contributed by atoms with E-state index in [0.717, 1.165) is 11.1 Å². The highest BCUT2D eigenvalue weighted by Gasteiger charge is 2.36. The Morgan fingerprint density at radius 3 is 2.38 bits per heavy atom. The molecule has 0 radical (unpaired) electrons. The highest BCUT2D eigenvalue weighted by atomic mass is 32.2. The first-order chi connectivity index (χ1) is 15.0. The summed E-state index contributed by atoms with van der Waals surface area (Å²) < 4.78 is 27.8. The van der Waals surface area contributed by atoms with Crippen molar-refractivity contribution in [2.75, 3.05) is 11.9 Å². The lowest BCUT2D eigenvalue weighted by atomic mass is 10.1. The lowest BCUT2D eigenvalue weighted by Crippen LogP contribution is -2.33. The molecule has 9 nitrogen and oxygen atoms in total. The number of sulfonamides is 1. The normalized spacial score (nSPS) is 17.2. The maximum Gasteiger partial charge on any atom is 0.312 e. The zero-order valence-electron chi connectivity index (χ0n) is 17.8. The van der Waals surface area contributed by atoms with Crippen molar-refractivity contribution >= 4 is 33.5 Å². The molecule has 1 aliphatic rings. The fourth-order valence-electron chi connectivity index (χ4n) is 3.29. The van der Waals surface area contributed by atoms with Gasteiger partial charge in [0.25, 0.3) is 5.91 Å². The minimum absolute atomic E-state index is 0.0358. The number of ether oxygens (including phenoxy) is 1. The van der Waals surface area contributed by atoms with Crippen LogP contribution in [0.3, 0.4) is 0 Å². The van der Waals surface area contributed by atoms with Gasteiger partial charge in [-0.1, -0.05) is 29.8 Å². The van der Waals surface area contributed by atoms with Gasteiger partial charge in [0.2, 0.25) is 15.9 Å². The predicted molar refractivity (Wildman–Crippen MR) is 117 cm³/mol. The third kappa shape index (κ3) is 5.92. The van der Waals surface area contributed by atoms with E-state index in [4.69, 9.17) is 9.88 Å². The van der Waals surface area contributed by atoms with Crippen molar-refractivity contribution in [3.05, 3.63) is 59.7 Å². The van der Waals surface area contributed by atoms with Crippen molar-refractivity contribution in [3.8, 4) is 0 Å². The van der Waals surface area contributed by atoms with Gasteiger partial charge < -0.3 is 15.0 Å². The molecule has 170 valence electrons. The van der Waals surface area contributed by atoms with Gasteiger partial charge in [-0.05, 0) is 43.7 Å². The summed E-state index contributed by atoms with van der Waals surface area (Å²) in [7, 11) is -3.83. The summed E-state index contributed by atoms with van der Waals surface area (Å²) in [5.74, 6) is -1.98. The first-order valence-corrected chi connectivity index (χ1v) is 11.5. The molecule has 2 aromatic carbocycles. The maximum absolute atomic E-state index is 12.5. The molecule has 2 unspecified atom stereocenters. The molecular weight excluding hydrogens is 434 g/mol. The van der Waals surface area contributed by atoms with E-state index in [1.54, 1.807) is 4.90 Å². The molecule has 3 N–H and O–H groups in total. The Labute approximate surface area is 186 Å². The molecule has 3 rings (SSSR count). The minimum atomic E-state index is -3.83. The molecular formula is C22H25N3O6S. The van der Waals surface area contributed by atoms with Crippen molar-refractivity contribution in [1.82, 2.24) is 4.90 Å².